The van der Waals surface area contributed by atoms with Gasteiger partial charge in [0, 0.05) is 6.07 Å². The zero-order valence-electron chi connectivity index (χ0n) is 10.5. The number of hydrogen-bond donors (Lipinski definition) is 2. The summed E-state index contributed by atoms with van der Waals surface area (Å²) in [6.45, 7) is 0. The smallest absolute Gasteiger partial charge is 0.336 e. The summed E-state index contributed by atoms with van der Waals surface area (Å²) < 4.78 is 0. The molecular weight excluding hydrogens is 278 g/mol. The van der Waals surface area contributed by atoms with Gasteiger partial charge >= 0.3 is 5.97 Å². The van der Waals surface area contributed by atoms with Crippen LogP contribution in [0.1, 0.15) is 20.7 Å². The quantitative estimate of drug-likeness (QED) is 0.654. The molecular formula is C13H9N3O5. The molecule has 1 amide bonds. The van der Waals surface area contributed by atoms with Crippen molar-refractivity contribution >= 4 is 23.4 Å². The fraction of sp³-hybridized carbons (Fsp3) is 0. The van der Waals surface area contributed by atoms with Gasteiger partial charge in [-0.05, 0) is 18.2 Å². The molecule has 1 aromatic heterocycles. The highest BCUT2D eigenvalue weighted by molar-refractivity contribution is 6.10. The van der Waals surface area contributed by atoms with Crippen LogP contribution in [0.5, 0.6) is 0 Å². The van der Waals surface area contributed by atoms with E-state index in [1.807, 2.05) is 0 Å². The standard InChI is InChI=1S/C13H9N3O5/c17-12(9-3-1-2-4-10(9)13(18)19)15-11-6-5-8(7-14-11)16(20)21/h1-7H,(H,18,19)(H,14,15,17). The zero-order chi connectivity index (χ0) is 15.4. The number of rotatable bonds is 4. The maximum Gasteiger partial charge on any atom is 0.336 e. The molecule has 2 aromatic rings. The molecule has 0 atom stereocenters. The van der Waals surface area contributed by atoms with E-state index in [4.69, 9.17) is 5.11 Å². The zero-order valence-corrected chi connectivity index (χ0v) is 10.5. The molecule has 0 saturated heterocycles. The average Bonchev–Trinajstić information content (AvgIpc) is 2.47. The van der Waals surface area contributed by atoms with Gasteiger partial charge in [0.25, 0.3) is 11.6 Å². The fourth-order valence-electron chi connectivity index (χ4n) is 1.62. The molecule has 2 rings (SSSR count). The summed E-state index contributed by atoms with van der Waals surface area (Å²) in [6, 6.07) is 8.16. The predicted molar refractivity (Wildman–Crippen MR) is 72.2 cm³/mol. The van der Waals surface area contributed by atoms with Gasteiger partial charge in [0.15, 0.2) is 0 Å². The first-order valence-corrected chi connectivity index (χ1v) is 5.73. The first kappa shape index (κ1) is 14.1. The lowest BCUT2D eigenvalue weighted by atomic mass is 10.1. The van der Waals surface area contributed by atoms with Crippen molar-refractivity contribution in [2.24, 2.45) is 0 Å². The Hall–Kier alpha value is -3.29. The summed E-state index contributed by atoms with van der Waals surface area (Å²) in [5.41, 5.74) is -0.374. The van der Waals surface area contributed by atoms with E-state index < -0.39 is 16.8 Å². The summed E-state index contributed by atoms with van der Waals surface area (Å²) in [4.78, 5) is 36.6. The second kappa shape index (κ2) is 5.78. The first-order valence-electron chi connectivity index (χ1n) is 5.73. The molecule has 0 bridgehead atoms. The number of aromatic nitrogens is 1. The molecule has 0 fully saturated rings. The molecule has 2 N–H and O–H groups in total. The number of carbonyl (C=O) groups is 2. The Morgan fingerprint density at radius 1 is 1.14 bits per heavy atom. The summed E-state index contributed by atoms with van der Waals surface area (Å²) in [6.07, 6.45) is 0.999. The van der Waals surface area contributed by atoms with Gasteiger partial charge in [0.1, 0.15) is 12.0 Å². The van der Waals surface area contributed by atoms with E-state index >= 15 is 0 Å². The lowest BCUT2D eigenvalue weighted by Gasteiger charge is -2.06. The van der Waals surface area contributed by atoms with Crippen LogP contribution in [-0.2, 0) is 0 Å². The average molecular weight is 287 g/mol. The summed E-state index contributed by atoms with van der Waals surface area (Å²) in [5, 5.41) is 21.9. The third-order valence-electron chi connectivity index (χ3n) is 2.60. The molecule has 8 heteroatoms. The van der Waals surface area contributed by atoms with E-state index in [0.29, 0.717) is 0 Å². The molecule has 0 spiro atoms. The van der Waals surface area contributed by atoms with Crippen molar-refractivity contribution in [3.63, 3.8) is 0 Å². The number of nitrogens with one attached hydrogen (secondary N) is 1. The summed E-state index contributed by atoms with van der Waals surface area (Å²) >= 11 is 0. The normalized spacial score (nSPS) is 9.90. The highest BCUT2D eigenvalue weighted by atomic mass is 16.6. The van der Waals surface area contributed by atoms with E-state index in [1.54, 1.807) is 0 Å². The number of aromatic carboxylic acids is 1. The van der Waals surface area contributed by atoms with Gasteiger partial charge in [-0.1, -0.05) is 12.1 Å². The number of hydrogen-bond acceptors (Lipinski definition) is 5. The van der Waals surface area contributed by atoms with E-state index in [9.17, 15) is 19.7 Å². The Bertz CT molecular complexity index is 712. The molecule has 0 saturated carbocycles. The maximum atomic E-state index is 12.0. The van der Waals surface area contributed by atoms with Gasteiger partial charge in [-0.25, -0.2) is 9.78 Å². The fourth-order valence-corrected chi connectivity index (χ4v) is 1.62. The monoisotopic (exact) mass is 287 g/mol. The van der Waals surface area contributed by atoms with E-state index in [0.717, 1.165) is 6.20 Å². The third-order valence-corrected chi connectivity index (χ3v) is 2.60. The molecule has 0 aliphatic rings. The number of carboxylic acid groups (broad SMARTS) is 1. The lowest BCUT2D eigenvalue weighted by molar-refractivity contribution is -0.385. The van der Waals surface area contributed by atoms with Crippen LogP contribution in [0.15, 0.2) is 42.6 Å². The molecule has 1 heterocycles. The van der Waals surface area contributed by atoms with Crippen molar-refractivity contribution in [2.45, 2.75) is 0 Å². The van der Waals surface area contributed by atoms with Gasteiger partial charge in [-0.15, -0.1) is 0 Å². The molecule has 106 valence electrons. The van der Waals surface area contributed by atoms with E-state index in [1.165, 1.54) is 36.4 Å². The van der Waals surface area contributed by atoms with E-state index in [-0.39, 0.29) is 22.6 Å². The highest BCUT2D eigenvalue weighted by Crippen LogP contribution is 2.14. The largest absolute Gasteiger partial charge is 0.478 e. The molecule has 0 radical (unpaired) electrons. The minimum Gasteiger partial charge on any atom is -0.478 e. The van der Waals surface area contributed by atoms with Crippen LogP contribution >= 0.6 is 0 Å². The molecule has 0 aliphatic carbocycles. The molecule has 0 unspecified atom stereocenters. The van der Waals surface area contributed by atoms with Crippen LogP contribution in [-0.4, -0.2) is 26.9 Å². The molecule has 21 heavy (non-hydrogen) atoms. The second-order valence-electron chi connectivity index (χ2n) is 3.96. The number of carbonyl (C=O) groups excluding carboxylic acids is 1. The van der Waals surface area contributed by atoms with Crippen LogP contribution in [0, 0.1) is 10.1 Å². The minimum absolute atomic E-state index is 0.0230. The van der Waals surface area contributed by atoms with Gasteiger partial charge in [-0.2, -0.15) is 0 Å². The van der Waals surface area contributed by atoms with Crippen molar-refractivity contribution in [3.05, 3.63) is 63.8 Å². The Morgan fingerprint density at radius 3 is 2.33 bits per heavy atom. The van der Waals surface area contributed by atoms with Crippen molar-refractivity contribution < 1.29 is 19.6 Å². The Morgan fingerprint density at radius 2 is 1.81 bits per heavy atom. The Labute approximate surface area is 118 Å². The Kier molecular flexibility index (Phi) is 3.89. The minimum atomic E-state index is -1.22. The van der Waals surface area contributed by atoms with Gasteiger partial charge in [0.05, 0.1) is 16.1 Å². The Balaban J connectivity index is 2.22. The maximum absolute atomic E-state index is 12.0. The van der Waals surface area contributed by atoms with Crippen LogP contribution in [0.25, 0.3) is 0 Å². The number of benzene rings is 1. The molecule has 1 aromatic carbocycles. The first-order chi connectivity index (χ1) is 9.99. The highest BCUT2D eigenvalue weighted by Gasteiger charge is 2.16. The summed E-state index contributed by atoms with van der Waals surface area (Å²) in [7, 11) is 0. The third kappa shape index (κ3) is 3.18. The van der Waals surface area contributed by atoms with Crippen molar-refractivity contribution in [1.82, 2.24) is 4.98 Å². The SMILES string of the molecule is O=C(O)c1ccccc1C(=O)Nc1ccc([N+](=O)[O-])cn1. The van der Waals surface area contributed by atoms with Gasteiger partial charge < -0.3 is 10.4 Å². The number of carboxylic acids is 1. The number of pyridine rings is 1. The summed E-state index contributed by atoms with van der Waals surface area (Å²) in [5.74, 6) is -1.79. The van der Waals surface area contributed by atoms with E-state index in [2.05, 4.69) is 10.3 Å². The van der Waals surface area contributed by atoms with Gasteiger partial charge in [0.2, 0.25) is 0 Å². The molecule has 8 nitrogen and oxygen atoms in total. The predicted octanol–water partition coefficient (Wildman–Crippen LogP) is 1.94. The van der Waals surface area contributed by atoms with Crippen molar-refractivity contribution in [2.75, 3.05) is 5.32 Å². The van der Waals surface area contributed by atoms with Crippen LogP contribution in [0.3, 0.4) is 0 Å². The van der Waals surface area contributed by atoms with Crippen molar-refractivity contribution in [3.8, 4) is 0 Å². The number of nitro groups is 1. The second-order valence-corrected chi connectivity index (χ2v) is 3.96. The topological polar surface area (TPSA) is 122 Å². The van der Waals surface area contributed by atoms with Gasteiger partial charge in [-0.3, -0.25) is 14.9 Å². The lowest BCUT2D eigenvalue weighted by Crippen LogP contribution is -2.17. The molecule has 0 aliphatic heterocycles. The van der Waals surface area contributed by atoms with Crippen molar-refractivity contribution in [1.29, 1.82) is 0 Å². The number of anilines is 1. The number of amides is 1. The van der Waals surface area contributed by atoms with Crippen LogP contribution in [0.4, 0.5) is 11.5 Å². The van der Waals surface area contributed by atoms with Crippen LogP contribution in [0.2, 0.25) is 0 Å². The van der Waals surface area contributed by atoms with Crippen LogP contribution < -0.4 is 5.32 Å². The number of nitrogens with zero attached hydrogens (tertiary/aromatic N) is 2.